The van der Waals surface area contributed by atoms with Crippen LogP contribution in [0, 0.1) is 5.82 Å². The molecule has 2 rings (SSSR count). The molecule has 1 amide bonds. The van der Waals surface area contributed by atoms with Crippen LogP contribution in [-0.4, -0.2) is 34.5 Å². The molecule has 0 aliphatic carbocycles. The van der Waals surface area contributed by atoms with E-state index >= 15 is 0 Å². The van der Waals surface area contributed by atoms with Crippen LogP contribution in [0.2, 0.25) is 0 Å². The fourth-order valence-electron chi connectivity index (χ4n) is 2.50. The number of carbonyl (C=O) groups excluding carboxylic acids is 1. The van der Waals surface area contributed by atoms with Crippen LogP contribution in [0.1, 0.15) is 12.5 Å². The molecule has 2 atom stereocenters. The number of benzene rings is 2. The average molecular weight is 396 g/mol. The van der Waals surface area contributed by atoms with Gasteiger partial charge in [-0.3, -0.25) is 4.79 Å². The summed E-state index contributed by atoms with van der Waals surface area (Å²) in [5.41, 5.74) is 1.20. The number of carbonyl (C=O) groups is 1. The second kappa shape index (κ2) is 8.47. The van der Waals surface area contributed by atoms with Gasteiger partial charge in [0.05, 0.1) is 19.1 Å². The van der Waals surface area contributed by atoms with Crippen LogP contribution in [0.15, 0.2) is 47.4 Å². The van der Waals surface area contributed by atoms with Crippen molar-refractivity contribution < 1.29 is 27.2 Å². The monoisotopic (exact) mass is 396 g/mol. The largest absolute Gasteiger partial charge is 0.494 e. The summed E-state index contributed by atoms with van der Waals surface area (Å²) in [5, 5.41) is 7.77. The lowest BCUT2D eigenvalue weighted by atomic mass is 10.1. The normalized spacial score (nSPS) is 13.7. The second-order valence-electron chi connectivity index (χ2n) is 6.27. The number of nitrogens with two attached hydrogens (primary N) is 1. The van der Waals surface area contributed by atoms with Gasteiger partial charge in [-0.1, -0.05) is 0 Å². The Morgan fingerprint density at radius 1 is 1.26 bits per heavy atom. The molecule has 0 aliphatic heterocycles. The van der Waals surface area contributed by atoms with Crippen LogP contribution >= 0.6 is 0 Å². The van der Waals surface area contributed by atoms with Crippen molar-refractivity contribution in [2.75, 3.05) is 19.5 Å². The molecule has 0 saturated carbocycles. The summed E-state index contributed by atoms with van der Waals surface area (Å²) in [6.07, 6.45) is 0. The van der Waals surface area contributed by atoms with Crippen molar-refractivity contribution in [3.05, 3.63) is 53.8 Å². The van der Waals surface area contributed by atoms with E-state index in [-0.39, 0.29) is 16.6 Å². The van der Waals surface area contributed by atoms with Gasteiger partial charge >= 0.3 is 0 Å². The van der Waals surface area contributed by atoms with E-state index in [4.69, 9.17) is 9.88 Å². The zero-order valence-corrected chi connectivity index (χ0v) is 16.1. The Morgan fingerprint density at radius 2 is 1.89 bits per heavy atom. The van der Waals surface area contributed by atoms with Crippen molar-refractivity contribution >= 4 is 21.6 Å². The standard InChI is InChI=1S/C18H22FN3O4S/c1-12(22(2)11-13-4-9-17(26-3)16(19)10-13)18(23)21-14-5-7-15(8-6-14)27(20,24)25/h4-10,12H,11H2,1-3H3,(H,21,23)(H2,20,24,25)/p+1/t12-/m0/s1. The van der Waals surface area contributed by atoms with Gasteiger partial charge < -0.3 is 15.0 Å². The molecule has 146 valence electrons. The highest BCUT2D eigenvalue weighted by Crippen LogP contribution is 2.17. The molecule has 0 fully saturated rings. The molecule has 0 bridgehead atoms. The fourth-order valence-corrected chi connectivity index (χ4v) is 3.01. The molecule has 0 heterocycles. The van der Waals surface area contributed by atoms with Gasteiger partial charge in [0.2, 0.25) is 10.0 Å². The van der Waals surface area contributed by atoms with E-state index in [1.165, 1.54) is 37.4 Å². The van der Waals surface area contributed by atoms with E-state index in [0.717, 1.165) is 10.5 Å². The third-order valence-corrected chi connectivity index (χ3v) is 5.21. The average Bonchev–Trinajstić information content (AvgIpc) is 2.60. The number of halogens is 1. The second-order valence-corrected chi connectivity index (χ2v) is 7.83. The number of quaternary nitrogens is 1. The molecule has 4 N–H and O–H groups in total. The SMILES string of the molecule is COc1ccc(C[NH+](C)[C@@H](C)C(=O)Nc2ccc(S(N)(=O)=O)cc2)cc1F. The highest BCUT2D eigenvalue weighted by molar-refractivity contribution is 7.89. The van der Waals surface area contributed by atoms with Gasteiger partial charge in [0.1, 0.15) is 6.54 Å². The van der Waals surface area contributed by atoms with Gasteiger partial charge in [0.25, 0.3) is 5.91 Å². The third-order valence-electron chi connectivity index (χ3n) is 4.28. The van der Waals surface area contributed by atoms with E-state index in [1.54, 1.807) is 19.1 Å². The maximum atomic E-state index is 13.8. The first-order valence-electron chi connectivity index (χ1n) is 8.20. The van der Waals surface area contributed by atoms with Gasteiger partial charge in [-0.15, -0.1) is 0 Å². The van der Waals surface area contributed by atoms with Gasteiger partial charge in [-0.25, -0.2) is 17.9 Å². The first-order valence-corrected chi connectivity index (χ1v) is 9.75. The number of amides is 1. The van der Waals surface area contributed by atoms with Crippen molar-refractivity contribution in [3.63, 3.8) is 0 Å². The number of primary sulfonamides is 1. The zero-order valence-electron chi connectivity index (χ0n) is 15.3. The first-order chi connectivity index (χ1) is 12.6. The lowest BCUT2D eigenvalue weighted by Crippen LogP contribution is -3.12. The van der Waals surface area contributed by atoms with Crippen molar-refractivity contribution in [2.45, 2.75) is 24.4 Å². The molecular formula is C18H23FN3O4S+. The molecule has 1 unspecified atom stereocenters. The maximum absolute atomic E-state index is 13.8. The Kier molecular flexibility index (Phi) is 6.53. The van der Waals surface area contributed by atoms with E-state index in [2.05, 4.69) is 5.32 Å². The van der Waals surface area contributed by atoms with Gasteiger partial charge in [-0.05, 0) is 49.4 Å². The third kappa shape index (κ3) is 5.49. The van der Waals surface area contributed by atoms with Crippen molar-refractivity contribution in [2.24, 2.45) is 5.14 Å². The number of sulfonamides is 1. The number of anilines is 1. The Bertz CT molecular complexity index is 917. The van der Waals surface area contributed by atoms with Gasteiger partial charge in [0.15, 0.2) is 17.6 Å². The molecular weight excluding hydrogens is 373 g/mol. The Hall–Kier alpha value is -2.49. The summed E-state index contributed by atoms with van der Waals surface area (Å²) in [6.45, 7) is 2.20. The topological polar surface area (TPSA) is 103 Å². The predicted octanol–water partition coefficient (Wildman–Crippen LogP) is 0.524. The minimum Gasteiger partial charge on any atom is -0.494 e. The molecule has 27 heavy (non-hydrogen) atoms. The Morgan fingerprint density at radius 3 is 2.41 bits per heavy atom. The lowest BCUT2D eigenvalue weighted by Gasteiger charge is -2.21. The highest BCUT2D eigenvalue weighted by atomic mass is 32.2. The number of hydrogen-bond donors (Lipinski definition) is 3. The van der Waals surface area contributed by atoms with Crippen LogP contribution in [0.4, 0.5) is 10.1 Å². The van der Waals surface area contributed by atoms with E-state index in [9.17, 15) is 17.6 Å². The molecule has 2 aromatic rings. The molecule has 0 radical (unpaired) electrons. The zero-order chi connectivity index (χ0) is 20.2. The maximum Gasteiger partial charge on any atom is 0.282 e. The summed E-state index contributed by atoms with van der Waals surface area (Å²) in [5.74, 6) is -0.523. The molecule has 0 spiro atoms. The summed E-state index contributed by atoms with van der Waals surface area (Å²) < 4.78 is 41.2. The van der Waals surface area contributed by atoms with Crippen LogP contribution in [0.5, 0.6) is 5.75 Å². The molecule has 0 saturated heterocycles. The van der Waals surface area contributed by atoms with E-state index < -0.39 is 21.9 Å². The summed E-state index contributed by atoms with van der Waals surface area (Å²) >= 11 is 0. The molecule has 7 nitrogen and oxygen atoms in total. The number of likely N-dealkylation sites (N-methyl/N-ethyl adjacent to an activating group) is 1. The fraction of sp³-hybridized carbons (Fsp3) is 0.278. The van der Waals surface area contributed by atoms with Gasteiger partial charge in [0, 0.05) is 11.3 Å². The lowest BCUT2D eigenvalue weighted by molar-refractivity contribution is -0.907. The molecule has 0 aliphatic rings. The summed E-state index contributed by atoms with van der Waals surface area (Å²) in [6, 6.07) is 9.86. The van der Waals surface area contributed by atoms with Crippen LogP contribution in [0.25, 0.3) is 0 Å². The number of methoxy groups -OCH3 is 1. The van der Waals surface area contributed by atoms with Crippen molar-refractivity contribution in [1.82, 2.24) is 0 Å². The molecule has 9 heteroatoms. The minimum atomic E-state index is -3.78. The van der Waals surface area contributed by atoms with E-state index in [0.29, 0.717) is 12.2 Å². The van der Waals surface area contributed by atoms with E-state index in [1.807, 2.05) is 7.05 Å². The summed E-state index contributed by atoms with van der Waals surface area (Å²) in [7, 11) is -0.547. The molecule has 0 aromatic heterocycles. The van der Waals surface area contributed by atoms with Crippen LogP contribution in [-0.2, 0) is 21.4 Å². The number of rotatable bonds is 7. The predicted molar refractivity (Wildman–Crippen MR) is 99.4 cm³/mol. The number of ether oxygens (including phenoxy) is 1. The molecule has 2 aromatic carbocycles. The van der Waals surface area contributed by atoms with Gasteiger partial charge in [-0.2, -0.15) is 0 Å². The van der Waals surface area contributed by atoms with Crippen molar-refractivity contribution in [1.29, 1.82) is 0 Å². The smallest absolute Gasteiger partial charge is 0.282 e. The van der Waals surface area contributed by atoms with Crippen LogP contribution < -0.4 is 20.1 Å². The Balaban J connectivity index is 2.00. The van der Waals surface area contributed by atoms with Crippen molar-refractivity contribution in [3.8, 4) is 5.75 Å². The highest BCUT2D eigenvalue weighted by Gasteiger charge is 2.22. The number of nitrogens with one attached hydrogen (secondary N) is 2. The Labute approximate surface area is 158 Å². The quantitative estimate of drug-likeness (QED) is 0.635. The first kappa shape index (κ1) is 20.8. The minimum absolute atomic E-state index is 0.0298. The summed E-state index contributed by atoms with van der Waals surface area (Å²) in [4.78, 5) is 13.3. The van der Waals surface area contributed by atoms with Crippen LogP contribution in [0.3, 0.4) is 0 Å². The number of hydrogen-bond acceptors (Lipinski definition) is 4.